The van der Waals surface area contributed by atoms with Gasteiger partial charge in [0.25, 0.3) is 0 Å². The highest BCUT2D eigenvalue weighted by Gasteiger charge is 2.18. The van der Waals surface area contributed by atoms with Crippen LogP contribution in [0.25, 0.3) is 0 Å². The van der Waals surface area contributed by atoms with Gasteiger partial charge in [0.1, 0.15) is 11.3 Å². The molecule has 0 aliphatic heterocycles. The number of carbonyl (C=O) groups excluding carboxylic acids is 1. The van der Waals surface area contributed by atoms with Gasteiger partial charge in [-0.15, -0.1) is 0 Å². The third-order valence-corrected chi connectivity index (χ3v) is 2.96. The molecule has 0 unspecified atom stereocenters. The van der Waals surface area contributed by atoms with Gasteiger partial charge in [0.2, 0.25) is 0 Å². The molecule has 0 bridgehead atoms. The molecule has 0 fully saturated rings. The van der Waals surface area contributed by atoms with Gasteiger partial charge < -0.3 is 9.15 Å². The summed E-state index contributed by atoms with van der Waals surface area (Å²) in [6.45, 7) is 3.82. The van der Waals surface area contributed by atoms with Gasteiger partial charge in [-0.25, -0.2) is 4.79 Å². The summed E-state index contributed by atoms with van der Waals surface area (Å²) in [5, 5.41) is 0. The van der Waals surface area contributed by atoms with Gasteiger partial charge >= 0.3 is 5.97 Å². The first kappa shape index (κ1) is 12.4. The van der Waals surface area contributed by atoms with Crippen LogP contribution in [0, 0.1) is 13.8 Å². The van der Waals surface area contributed by atoms with Crippen LogP contribution >= 0.6 is 0 Å². The number of aryl methyl sites for hydroxylation is 2. The van der Waals surface area contributed by atoms with E-state index in [2.05, 4.69) is 24.3 Å². The number of carbonyl (C=O) groups is 1. The second kappa shape index (κ2) is 5.08. The zero-order valence-electron chi connectivity index (χ0n) is 10.8. The van der Waals surface area contributed by atoms with E-state index in [0.29, 0.717) is 17.7 Å². The maximum absolute atomic E-state index is 11.7. The second-order valence-electron chi connectivity index (χ2n) is 4.35. The molecular weight excluding hydrogens is 228 g/mol. The molecule has 3 heteroatoms. The Bertz CT molecular complexity index is 550. The Hall–Kier alpha value is -2.03. The minimum absolute atomic E-state index is 0.344. The van der Waals surface area contributed by atoms with E-state index in [1.807, 2.05) is 6.92 Å². The van der Waals surface area contributed by atoms with Gasteiger partial charge in [0.05, 0.1) is 13.4 Å². The number of hydrogen-bond donors (Lipinski definition) is 0. The molecular formula is C15H16O3. The smallest absolute Gasteiger partial charge is 0.341 e. The molecule has 0 amide bonds. The normalized spacial score (nSPS) is 10.4. The first-order valence-corrected chi connectivity index (χ1v) is 5.82. The van der Waals surface area contributed by atoms with Crippen LogP contribution in [0.4, 0.5) is 0 Å². The van der Waals surface area contributed by atoms with E-state index in [1.54, 1.807) is 13.2 Å². The molecule has 1 heterocycles. The van der Waals surface area contributed by atoms with E-state index in [0.717, 1.165) is 11.1 Å². The highest BCUT2D eigenvalue weighted by molar-refractivity contribution is 5.92. The first-order valence-electron chi connectivity index (χ1n) is 5.82. The first-order chi connectivity index (χ1) is 8.61. The molecule has 18 heavy (non-hydrogen) atoms. The van der Waals surface area contributed by atoms with E-state index in [9.17, 15) is 4.79 Å². The molecule has 1 aromatic carbocycles. The summed E-state index contributed by atoms with van der Waals surface area (Å²) in [5.74, 6) is 0.257. The number of methoxy groups -OCH3 is 1. The molecule has 2 rings (SSSR count). The monoisotopic (exact) mass is 244 g/mol. The standard InChI is InChI=1S/C15H16O3/c1-10-4-6-12(7-5-10)8-13-9-18-11(2)14(13)15(16)17-3/h4-7,9H,8H2,1-3H3. The molecule has 0 saturated heterocycles. The Morgan fingerprint density at radius 2 is 1.89 bits per heavy atom. The second-order valence-corrected chi connectivity index (χ2v) is 4.35. The summed E-state index contributed by atoms with van der Waals surface area (Å²) in [6.07, 6.45) is 2.30. The Labute approximate surface area is 106 Å². The predicted octanol–water partition coefficient (Wildman–Crippen LogP) is 3.27. The highest BCUT2D eigenvalue weighted by Crippen LogP contribution is 2.21. The maximum atomic E-state index is 11.7. The quantitative estimate of drug-likeness (QED) is 0.778. The zero-order chi connectivity index (χ0) is 13.1. The molecule has 0 aliphatic carbocycles. The van der Waals surface area contributed by atoms with Crippen molar-refractivity contribution in [3.63, 3.8) is 0 Å². The summed E-state index contributed by atoms with van der Waals surface area (Å²) in [7, 11) is 1.38. The topological polar surface area (TPSA) is 39.4 Å². The number of ether oxygens (including phenoxy) is 1. The lowest BCUT2D eigenvalue weighted by Gasteiger charge is -2.03. The SMILES string of the molecule is COC(=O)c1c(Cc2ccc(C)cc2)coc1C. The van der Waals surface area contributed by atoms with E-state index < -0.39 is 0 Å². The third kappa shape index (κ3) is 2.45. The van der Waals surface area contributed by atoms with Crippen LogP contribution in [0.2, 0.25) is 0 Å². The van der Waals surface area contributed by atoms with Crippen LogP contribution < -0.4 is 0 Å². The van der Waals surface area contributed by atoms with Crippen LogP contribution in [0.1, 0.15) is 32.8 Å². The van der Waals surface area contributed by atoms with Gasteiger partial charge in [-0.2, -0.15) is 0 Å². The zero-order valence-corrected chi connectivity index (χ0v) is 10.8. The van der Waals surface area contributed by atoms with Crippen molar-refractivity contribution < 1.29 is 13.9 Å². The van der Waals surface area contributed by atoms with E-state index in [-0.39, 0.29) is 5.97 Å². The van der Waals surface area contributed by atoms with Gasteiger partial charge in [0.15, 0.2) is 0 Å². The summed E-state index contributed by atoms with van der Waals surface area (Å²) in [6, 6.07) is 8.22. The van der Waals surface area contributed by atoms with Crippen LogP contribution in [0.3, 0.4) is 0 Å². The van der Waals surface area contributed by atoms with Crippen molar-refractivity contribution in [2.75, 3.05) is 7.11 Å². The Morgan fingerprint density at radius 1 is 1.22 bits per heavy atom. The largest absolute Gasteiger partial charge is 0.468 e. The number of furan rings is 1. The van der Waals surface area contributed by atoms with Crippen LogP contribution in [0.15, 0.2) is 34.9 Å². The molecule has 0 spiro atoms. The molecule has 0 aliphatic rings. The number of benzene rings is 1. The Morgan fingerprint density at radius 3 is 2.50 bits per heavy atom. The number of esters is 1. The fraction of sp³-hybridized carbons (Fsp3) is 0.267. The van der Waals surface area contributed by atoms with Gasteiger partial charge in [-0.1, -0.05) is 29.8 Å². The Kier molecular flexibility index (Phi) is 3.51. The minimum Gasteiger partial charge on any atom is -0.468 e. The summed E-state index contributed by atoms with van der Waals surface area (Å²) < 4.78 is 10.1. The molecule has 0 saturated carbocycles. The van der Waals surface area contributed by atoms with Crippen molar-refractivity contribution in [2.24, 2.45) is 0 Å². The van der Waals surface area contributed by atoms with Crippen LogP contribution in [0.5, 0.6) is 0 Å². The van der Waals surface area contributed by atoms with Crippen LogP contribution in [-0.4, -0.2) is 13.1 Å². The van der Waals surface area contributed by atoms with Crippen molar-refractivity contribution >= 4 is 5.97 Å². The lowest BCUT2D eigenvalue weighted by atomic mass is 10.0. The fourth-order valence-corrected chi connectivity index (χ4v) is 1.94. The van der Waals surface area contributed by atoms with Gasteiger partial charge in [0, 0.05) is 12.0 Å². The van der Waals surface area contributed by atoms with Crippen LogP contribution in [-0.2, 0) is 11.2 Å². The average molecular weight is 244 g/mol. The van der Waals surface area contributed by atoms with E-state index >= 15 is 0 Å². The predicted molar refractivity (Wildman–Crippen MR) is 68.8 cm³/mol. The maximum Gasteiger partial charge on any atom is 0.341 e. The Balaban J connectivity index is 2.29. The van der Waals surface area contributed by atoms with E-state index in [4.69, 9.17) is 9.15 Å². The lowest BCUT2D eigenvalue weighted by Crippen LogP contribution is -2.05. The number of hydrogen-bond acceptors (Lipinski definition) is 3. The molecule has 0 radical (unpaired) electrons. The molecule has 94 valence electrons. The summed E-state index contributed by atoms with van der Waals surface area (Å²) >= 11 is 0. The number of rotatable bonds is 3. The summed E-state index contributed by atoms with van der Waals surface area (Å²) in [4.78, 5) is 11.7. The van der Waals surface area contributed by atoms with Crippen molar-refractivity contribution in [3.05, 3.63) is 58.5 Å². The molecule has 1 aromatic heterocycles. The lowest BCUT2D eigenvalue weighted by molar-refractivity contribution is 0.0598. The van der Waals surface area contributed by atoms with Crippen molar-refractivity contribution in [1.82, 2.24) is 0 Å². The van der Waals surface area contributed by atoms with Crippen molar-refractivity contribution in [1.29, 1.82) is 0 Å². The molecule has 0 N–H and O–H groups in total. The third-order valence-electron chi connectivity index (χ3n) is 2.96. The molecule has 3 nitrogen and oxygen atoms in total. The highest BCUT2D eigenvalue weighted by atomic mass is 16.5. The summed E-state index contributed by atoms with van der Waals surface area (Å²) in [5.41, 5.74) is 3.77. The average Bonchev–Trinajstić information content (AvgIpc) is 2.72. The molecule has 0 atom stereocenters. The van der Waals surface area contributed by atoms with Gasteiger partial charge in [-0.05, 0) is 19.4 Å². The van der Waals surface area contributed by atoms with Crippen molar-refractivity contribution in [3.8, 4) is 0 Å². The van der Waals surface area contributed by atoms with Gasteiger partial charge in [-0.3, -0.25) is 0 Å². The van der Waals surface area contributed by atoms with E-state index in [1.165, 1.54) is 12.7 Å². The minimum atomic E-state index is -0.344. The van der Waals surface area contributed by atoms with Crippen molar-refractivity contribution in [2.45, 2.75) is 20.3 Å². The molecule has 2 aromatic rings. The fourth-order valence-electron chi connectivity index (χ4n) is 1.94.